The van der Waals surface area contributed by atoms with Crippen LogP contribution in [0, 0.1) is 5.92 Å². The Morgan fingerprint density at radius 3 is 2.80 bits per heavy atom. The lowest BCUT2D eigenvalue weighted by atomic mass is 10.1. The molecule has 110 valence electrons. The van der Waals surface area contributed by atoms with Crippen molar-refractivity contribution in [2.24, 2.45) is 11.7 Å². The van der Waals surface area contributed by atoms with Gasteiger partial charge in [0, 0.05) is 12.6 Å². The average molecular weight is 314 g/mol. The van der Waals surface area contributed by atoms with E-state index >= 15 is 0 Å². The Morgan fingerprint density at radius 2 is 2.10 bits per heavy atom. The first-order chi connectivity index (χ1) is 9.40. The van der Waals surface area contributed by atoms with Crippen molar-refractivity contribution in [3.63, 3.8) is 0 Å². The first-order valence-electron chi connectivity index (χ1n) is 6.36. The minimum Gasteiger partial charge on any atom is -0.327 e. The zero-order valence-corrected chi connectivity index (χ0v) is 13.0. The van der Waals surface area contributed by atoms with E-state index in [-0.39, 0.29) is 17.5 Å². The Kier molecular flexibility index (Phi) is 4.69. The normalized spacial score (nSPS) is 14.0. The minimum atomic E-state index is -3.61. The summed E-state index contributed by atoms with van der Waals surface area (Å²) in [5, 5.41) is 0. The number of hydrogen-bond donors (Lipinski definition) is 2. The van der Waals surface area contributed by atoms with Gasteiger partial charge in [-0.2, -0.15) is 8.75 Å². The summed E-state index contributed by atoms with van der Waals surface area (Å²) in [7, 11) is -3.61. The van der Waals surface area contributed by atoms with Crippen LogP contribution in [0.4, 0.5) is 0 Å². The Bertz CT molecular complexity index is 682. The molecular formula is C12H18N4O2S2. The first-order valence-corrected chi connectivity index (χ1v) is 8.58. The number of rotatable bonds is 6. The number of nitrogens with one attached hydrogen (secondary N) is 1. The Balaban J connectivity index is 2.16. The van der Waals surface area contributed by atoms with Crippen LogP contribution in [-0.2, 0) is 10.0 Å². The highest BCUT2D eigenvalue weighted by Gasteiger charge is 2.20. The molecule has 0 saturated carbocycles. The van der Waals surface area contributed by atoms with Crippen molar-refractivity contribution in [3.8, 4) is 0 Å². The molecule has 1 aromatic heterocycles. The van der Waals surface area contributed by atoms with Crippen LogP contribution in [0.3, 0.4) is 0 Å². The van der Waals surface area contributed by atoms with E-state index in [4.69, 9.17) is 5.73 Å². The van der Waals surface area contributed by atoms with Crippen molar-refractivity contribution in [1.29, 1.82) is 0 Å². The number of nitrogens with zero attached hydrogens (tertiary/aromatic N) is 2. The molecule has 3 N–H and O–H groups in total. The van der Waals surface area contributed by atoms with Gasteiger partial charge in [-0.3, -0.25) is 0 Å². The highest BCUT2D eigenvalue weighted by atomic mass is 32.2. The van der Waals surface area contributed by atoms with Crippen LogP contribution >= 0.6 is 11.7 Å². The van der Waals surface area contributed by atoms with E-state index in [0.717, 1.165) is 18.1 Å². The molecule has 0 aliphatic heterocycles. The lowest BCUT2D eigenvalue weighted by Crippen LogP contribution is -2.38. The van der Waals surface area contributed by atoms with Crippen LogP contribution in [-0.4, -0.2) is 29.8 Å². The van der Waals surface area contributed by atoms with Crippen LogP contribution in [0.5, 0.6) is 0 Å². The maximum Gasteiger partial charge on any atom is 0.242 e. The molecule has 0 aliphatic rings. The van der Waals surface area contributed by atoms with Gasteiger partial charge in [-0.05, 0) is 24.5 Å². The fourth-order valence-electron chi connectivity index (χ4n) is 1.98. The van der Waals surface area contributed by atoms with Gasteiger partial charge in [0.1, 0.15) is 15.9 Å². The third-order valence-corrected chi connectivity index (χ3v) is 4.85. The van der Waals surface area contributed by atoms with Gasteiger partial charge in [-0.15, -0.1) is 0 Å². The van der Waals surface area contributed by atoms with Crippen LogP contribution < -0.4 is 10.5 Å². The van der Waals surface area contributed by atoms with Crippen molar-refractivity contribution in [1.82, 2.24) is 13.5 Å². The van der Waals surface area contributed by atoms with Gasteiger partial charge in [-0.1, -0.05) is 19.9 Å². The quantitative estimate of drug-likeness (QED) is 0.838. The molecule has 0 spiro atoms. The molecule has 2 aromatic rings. The fraction of sp³-hybridized carbons (Fsp3) is 0.500. The minimum absolute atomic E-state index is 0.153. The van der Waals surface area contributed by atoms with E-state index in [0.29, 0.717) is 17.0 Å². The molecule has 1 atom stereocenters. The van der Waals surface area contributed by atoms with Gasteiger partial charge < -0.3 is 5.73 Å². The average Bonchev–Trinajstić information content (AvgIpc) is 2.83. The third-order valence-electron chi connectivity index (χ3n) is 2.85. The van der Waals surface area contributed by atoms with Crippen LogP contribution in [0.2, 0.25) is 0 Å². The summed E-state index contributed by atoms with van der Waals surface area (Å²) in [6, 6.07) is 4.73. The maximum absolute atomic E-state index is 12.3. The Labute approximate surface area is 122 Å². The lowest BCUT2D eigenvalue weighted by molar-refractivity contribution is 0.486. The van der Waals surface area contributed by atoms with Crippen molar-refractivity contribution >= 4 is 32.8 Å². The summed E-state index contributed by atoms with van der Waals surface area (Å²) in [6.07, 6.45) is 0.769. The van der Waals surface area contributed by atoms with E-state index in [1.165, 1.54) is 6.07 Å². The van der Waals surface area contributed by atoms with Gasteiger partial charge in [0.05, 0.1) is 11.7 Å². The molecule has 8 heteroatoms. The standard InChI is InChI=1S/C12H18N4O2S2/c1-8(2)6-9(13)7-14-20(17,18)11-5-3-4-10-12(11)16-19-15-10/h3-5,8-9,14H,6-7,13H2,1-2H3. The third kappa shape index (κ3) is 3.51. The molecule has 0 aliphatic carbocycles. The van der Waals surface area contributed by atoms with E-state index in [2.05, 4.69) is 27.3 Å². The summed E-state index contributed by atoms with van der Waals surface area (Å²) < 4.78 is 35.2. The van der Waals surface area contributed by atoms with Crippen molar-refractivity contribution in [3.05, 3.63) is 18.2 Å². The number of fused-ring (bicyclic) bond motifs is 1. The summed E-state index contributed by atoms with van der Waals surface area (Å²) in [5.41, 5.74) is 6.89. The number of sulfonamides is 1. The summed E-state index contributed by atoms with van der Waals surface area (Å²) in [4.78, 5) is 0.153. The van der Waals surface area contributed by atoms with Gasteiger partial charge >= 0.3 is 0 Å². The summed E-state index contributed by atoms with van der Waals surface area (Å²) >= 11 is 0.999. The molecule has 2 rings (SSSR count). The number of benzene rings is 1. The van der Waals surface area contributed by atoms with Crippen molar-refractivity contribution in [2.45, 2.75) is 31.2 Å². The largest absolute Gasteiger partial charge is 0.327 e. The van der Waals surface area contributed by atoms with E-state index in [1.54, 1.807) is 12.1 Å². The van der Waals surface area contributed by atoms with Crippen molar-refractivity contribution < 1.29 is 8.42 Å². The predicted molar refractivity (Wildman–Crippen MR) is 80.0 cm³/mol. The van der Waals surface area contributed by atoms with E-state index in [1.807, 2.05) is 0 Å². The number of nitrogens with two attached hydrogens (primary N) is 1. The van der Waals surface area contributed by atoms with Gasteiger partial charge in [-0.25, -0.2) is 13.1 Å². The lowest BCUT2D eigenvalue weighted by Gasteiger charge is -2.15. The highest BCUT2D eigenvalue weighted by Crippen LogP contribution is 2.20. The van der Waals surface area contributed by atoms with E-state index < -0.39 is 10.0 Å². The topological polar surface area (TPSA) is 98.0 Å². The summed E-state index contributed by atoms with van der Waals surface area (Å²) in [5.74, 6) is 0.431. The molecule has 1 aromatic carbocycles. The molecule has 0 bridgehead atoms. The molecule has 0 radical (unpaired) electrons. The molecule has 1 unspecified atom stereocenters. The maximum atomic E-state index is 12.3. The first kappa shape index (κ1) is 15.3. The molecule has 1 heterocycles. The molecule has 6 nitrogen and oxygen atoms in total. The molecule has 0 fully saturated rings. The van der Waals surface area contributed by atoms with Gasteiger partial charge in [0.25, 0.3) is 0 Å². The van der Waals surface area contributed by atoms with Gasteiger partial charge in [0.15, 0.2) is 0 Å². The fourth-order valence-corrected chi connectivity index (χ4v) is 3.84. The van der Waals surface area contributed by atoms with Crippen LogP contribution in [0.15, 0.2) is 23.1 Å². The van der Waals surface area contributed by atoms with Crippen molar-refractivity contribution in [2.75, 3.05) is 6.54 Å². The Hall–Kier alpha value is -1.09. The zero-order valence-electron chi connectivity index (χ0n) is 11.4. The molecule has 0 amide bonds. The number of hydrogen-bond acceptors (Lipinski definition) is 6. The number of aromatic nitrogens is 2. The van der Waals surface area contributed by atoms with Gasteiger partial charge in [0.2, 0.25) is 10.0 Å². The SMILES string of the molecule is CC(C)CC(N)CNS(=O)(=O)c1cccc2nsnc12. The second kappa shape index (κ2) is 6.13. The second-order valence-corrected chi connectivity index (χ2v) is 7.39. The Morgan fingerprint density at radius 1 is 1.35 bits per heavy atom. The zero-order chi connectivity index (χ0) is 14.8. The summed E-state index contributed by atoms with van der Waals surface area (Å²) in [6.45, 7) is 4.32. The smallest absolute Gasteiger partial charge is 0.242 e. The molecular weight excluding hydrogens is 296 g/mol. The van der Waals surface area contributed by atoms with Crippen LogP contribution in [0.1, 0.15) is 20.3 Å². The van der Waals surface area contributed by atoms with Crippen LogP contribution in [0.25, 0.3) is 11.0 Å². The van der Waals surface area contributed by atoms with E-state index in [9.17, 15) is 8.42 Å². The molecule has 0 saturated heterocycles. The second-order valence-electron chi connectivity index (χ2n) is 5.13. The monoisotopic (exact) mass is 314 g/mol. The predicted octanol–water partition coefficient (Wildman–Crippen LogP) is 1.34. The highest BCUT2D eigenvalue weighted by molar-refractivity contribution is 7.89. The molecule has 20 heavy (non-hydrogen) atoms.